The normalized spacial score (nSPS) is 10.0. The van der Waals surface area contributed by atoms with E-state index in [2.05, 4.69) is 10.9 Å². The topological polar surface area (TPSA) is 58.2 Å². The van der Waals surface area contributed by atoms with E-state index in [0.29, 0.717) is 0 Å². The Balaban J connectivity index is 2.08. The number of nitrogens with one attached hydrogen (secondary N) is 2. The van der Waals surface area contributed by atoms with Crippen molar-refractivity contribution in [3.05, 3.63) is 69.5 Å². The third kappa shape index (κ3) is 3.51. The molecule has 2 rings (SSSR count). The molecule has 2 aromatic rings. The molecule has 0 aromatic heterocycles. The number of hydrogen-bond acceptors (Lipinski definition) is 2. The highest BCUT2D eigenvalue weighted by Gasteiger charge is 2.17. The van der Waals surface area contributed by atoms with E-state index in [-0.39, 0.29) is 21.2 Å². The second-order valence-corrected chi connectivity index (χ2v) is 4.80. The van der Waals surface area contributed by atoms with E-state index in [1.165, 1.54) is 24.3 Å². The number of carbonyl (C=O) groups is 2. The molecule has 21 heavy (non-hydrogen) atoms. The van der Waals surface area contributed by atoms with E-state index in [1.54, 1.807) is 12.1 Å². The van der Waals surface area contributed by atoms with E-state index in [1.807, 2.05) is 0 Å². The molecule has 0 radical (unpaired) electrons. The van der Waals surface area contributed by atoms with Gasteiger partial charge in [-0.05, 0) is 24.3 Å². The number of benzene rings is 2. The lowest BCUT2D eigenvalue weighted by Gasteiger charge is -2.09. The summed E-state index contributed by atoms with van der Waals surface area (Å²) in [7, 11) is 0. The van der Waals surface area contributed by atoms with Crippen molar-refractivity contribution in [3.63, 3.8) is 0 Å². The summed E-state index contributed by atoms with van der Waals surface area (Å²) in [6.45, 7) is 0. The Labute approximate surface area is 129 Å². The van der Waals surface area contributed by atoms with Crippen LogP contribution in [0.2, 0.25) is 10.0 Å². The summed E-state index contributed by atoms with van der Waals surface area (Å²) in [5.74, 6) is -2.27. The van der Waals surface area contributed by atoms with Gasteiger partial charge in [-0.1, -0.05) is 41.4 Å². The second kappa shape index (κ2) is 6.56. The molecule has 0 spiro atoms. The maximum Gasteiger partial charge on any atom is 0.274 e. The molecule has 4 nitrogen and oxygen atoms in total. The summed E-state index contributed by atoms with van der Waals surface area (Å²) >= 11 is 11.6. The molecular formula is C14H9Cl2FN2O2. The highest BCUT2D eigenvalue weighted by atomic mass is 35.5. The third-order valence-corrected chi connectivity index (χ3v) is 3.24. The highest BCUT2D eigenvalue weighted by molar-refractivity contribution is 6.34. The lowest BCUT2D eigenvalue weighted by Crippen LogP contribution is -2.42. The molecular weight excluding hydrogens is 318 g/mol. The molecule has 0 aliphatic carbocycles. The minimum absolute atomic E-state index is 0.0560. The van der Waals surface area contributed by atoms with Crippen molar-refractivity contribution in [1.29, 1.82) is 0 Å². The first-order valence-electron chi connectivity index (χ1n) is 5.80. The molecule has 7 heteroatoms. The summed E-state index contributed by atoms with van der Waals surface area (Å²) in [6, 6.07) is 10.1. The molecule has 0 aliphatic rings. The summed E-state index contributed by atoms with van der Waals surface area (Å²) in [5, 5.41) is 0.174. The first kappa shape index (κ1) is 15.3. The predicted octanol–water partition coefficient (Wildman–Crippen LogP) is 3.21. The minimum Gasteiger partial charge on any atom is -0.267 e. The molecule has 2 aromatic carbocycles. The number of halogens is 3. The van der Waals surface area contributed by atoms with Crippen molar-refractivity contribution in [3.8, 4) is 0 Å². The minimum atomic E-state index is -0.862. The van der Waals surface area contributed by atoms with E-state index in [4.69, 9.17) is 23.2 Å². The Morgan fingerprint density at radius 2 is 1.48 bits per heavy atom. The zero-order valence-corrected chi connectivity index (χ0v) is 12.0. The Kier molecular flexibility index (Phi) is 4.77. The first-order valence-corrected chi connectivity index (χ1v) is 6.55. The molecule has 0 saturated carbocycles. The SMILES string of the molecule is O=C(NNC(=O)c1c(F)cccc1Cl)c1ccccc1Cl. The van der Waals surface area contributed by atoms with Gasteiger partial charge in [0.15, 0.2) is 0 Å². The van der Waals surface area contributed by atoms with Crippen molar-refractivity contribution < 1.29 is 14.0 Å². The number of rotatable bonds is 2. The van der Waals surface area contributed by atoms with Crippen LogP contribution < -0.4 is 10.9 Å². The quantitative estimate of drug-likeness (QED) is 0.832. The molecule has 0 aliphatic heterocycles. The van der Waals surface area contributed by atoms with Crippen LogP contribution in [0.5, 0.6) is 0 Å². The van der Waals surface area contributed by atoms with Gasteiger partial charge >= 0.3 is 0 Å². The van der Waals surface area contributed by atoms with Gasteiger partial charge in [-0.25, -0.2) is 4.39 Å². The lowest BCUT2D eigenvalue weighted by atomic mass is 10.2. The van der Waals surface area contributed by atoms with Crippen LogP contribution in [-0.4, -0.2) is 11.8 Å². The summed E-state index contributed by atoms with van der Waals surface area (Å²) in [5.41, 5.74) is 4.06. The van der Waals surface area contributed by atoms with Gasteiger partial charge < -0.3 is 0 Å². The van der Waals surface area contributed by atoms with Crippen LogP contribution in [0.1, 0.15) is 20.7 Å². The van der Waals surface area contributed by atoms with Crippen LogP contribution in [-0.2, 0) is 0 Å². The lowest BCUT2D eigenvalue weighted by molar-refractivity contribution is 0.0844. The number of amides is 2. The fourth-order valence-corrected chi connectivity index (χ4v) is 2.07. The van der Waals surface area contributed by atoms with Crippen LogP contribution in [0.3, 0.4) is 0 Å². The predicted molar refractivity (Wildman–Crippen MR) is 77.8 cm³/mol. The molecule has 2 N–H and O–H groups in total. The Hall–Kier alpha value is -2.11. The van der Waals surface area contributed by atoms with Crippen LogP contribution in [0.4, 0.5) is 4.39 Å². The first-order chi connectivity index (χ1) is 10.0. The molecule has 0 fully saturated rings. The van der Waals surface area contributed by atoms with Gasteiger partial charge in [-0.2, -0.15) is 0 Å². The standard InChI is InChI=1S/C14H9Cl2FN2O2/c15-9-5-2-1-4-8(9)13(20)18-19-14(21)12-10(16)6-3-7-11(12)17/h1-7H,(H,18,20)(H,19,21). The van der Waals surface area contributed by atoms with Gasteiger partial charge in [-0.15, -0.1) is 0 Å². The van der Waals surface area contributed by atoms with E-state index >= 15 is 0 Å². The average molecular weight is 327 g/mol. The van der Waals surface area contributed by atoms with Crippen LogP contribution in [0, 0.1) is 5.82 Å². The van der Waals surface area contributed by atoms with Crippen LogP contribution >= 0.6 is 23.2 Å². The van der Waals surface area contributed by atoms with Gasteiger partial charge in [0, 0.05) is 0 Å². The molecule has 2 amide bonds. The largest absolute Gasteiger partial charge is 0.274 e. The maximum absolute atomic E-state index is 13.5. The highest BCUT2D eigenvalue weighted by Crippen LogP contribution is 2.18. The van der Waals surface area contributed by atoms with Gasteiger partial charge in [0.1, 0.15) is 5.82 Å². The number of hydrazine groups is 1. The smallest absolute Gasteiger partial charge is 0.267 e. The van der Waals surface area contributed by atoms with Crippen LogP contribution in [0.15, 0.2) is 42.5 Å². The molecule has 0 saturated heterocycles. The molecule has 0 heterocycles. The summed E-state index contributed by atoms with van der Waals surface area (Å²) < 4.78 is 13.5. The Bertz CT molecular complexity index is 687. The van der Waals surface area contributed by atoms with E-state index in [0.717, 1.165) is 6.07 Å². The van der Waals surface area contributed by atoms with Gasteiger partial charge in [0.25, 0.3) is 11.8 Å². The zero-order valence-electron chi connectivity index (χ0n) is 10.5. The Morgan fingerprint density at radius 1 is 0.857 bits per heavy atom. The molecule has 0 unspecified atom stereocenters. The van der Waals surface area contributed by atoms with Crippen molar-refractivity contribution in [2.24, 2.45) is 0 Å². The van der Waals surface area contributed by atoms with Gasteiger partial charge in [0.2, 0.25) is 0 Å². The molecule has 0 bridgehead atoms. The summed E-state index contributed by atoms with van der Waals surface area (Å²) in [4.78, 5) is 23.7. The van der Waals surface area contributed by atoms with Gasteiger partial charge in [-0.3, -0.25) is 20.4 Å². The Morgan fingerprint density at radius 3 is 2.14 bits per heavy atom. The van der Waals surface area contributed by atoms with Crippen molar-refractivity contribution in [2.75, 3.05) is 0 Å². The summed E-state index contributed by atoms with van der Waals surface area (Å²) in [6.07, 6.45) is 0. The van der Waals surface area contributed by atoms with Crippen molar-refractivity contribution in [2.45, 2.75) is 0 Å². The number of carbonyl (C=O) groups excluding carboxylic acids is 2. The maximum atomic E-state index is 13.5. The van der Waals surface area contributed by atoms with Gasteiger partial charge in [0.05, 0.1) is 21.2 Å². The van der Waals surface area contributed by atoms with E-state index in [9.17, 15) is 14.0 Å². The monoisotopic (exact) mass is 326 g/mol. The molecule has 0 atom stereocenters. The average Bonchev–Trinajstić information content (AvgIpc) is 2.45. The second-order valence-electron chi connectivity index (χ2n) is 3.98. The fourth-order valence-electron chi connectivity index (χ4n) is 1.60. The van der Waals surface area contributed by atoms with E-state index < -0.39 is 17.6 Å². The third-order valence-electron chi connectivity index (χ3n) is 2.60. The number of hydrogen-bond donors (Lipinski definition) is 2. The van der Waals surface area contributed by atoms with Crippen molar-refractivity contribution in [1.82, 2.24) is 10.9 Å². The van der Waals surface area contributed by atoms with Crippen LogP contribution in [0.25, 0.3) is 0 Å². The van der Waals surface area contributed by atoms with Crippen molar-refractivity contribution >= 4 is 35.0 Å². The fraction of sp³-hybridized carbons (Fsp3) is 0. The zero-order chi connectivity index (χ0) is 15.4. The molecule has 108 valence electrons.